The summed E-state index contributed by atoms with van der Waals surface area (Å²) in [5.41, 5.74) is 1.47. The van der Waals surface area contributed by atoms with Gasteiger partial charge in [-0.2, -0.15) is 0 Å². The fourth-order valence-corrected chi connectivity index (χ4v) is 1.35. The van der Waals surface area contributed by atoms with Crippen molar-refractivity contribution in [2.75, 3.05) is 0 Å². The van der Waals surface area contributed by atoms with Crippen molar-refractivity contribution in [1.82, 2.24) is 0 Å². The van der Waals surface area contributed by atoms with E-state index < -0.39 is 0 Å². The van der Waals surface area contributed by atoms with E-state index in [1.165, 1.54) is 0 Å². The van der Waals surface area contributed by atoms with Gasteiger partial charge in [-0.05, 0) is 0 Å². The minimum atomic E-state index is 0. The summed E-state index contributed by atoms with van der Waals surface area (Å²) < 4.78 is 0. The first-order valence-corrected chi connectivity index (χ1v) is 4.53. The van der Waals surface area contributed by atoms with Gasteiger partial charge in [0.25, 0.3) is 0 Å². The van der Waals surface area contributed by atoms with Crippen molar-refractivity contribution in [2.45, 2.75) is 0 Å². The Morgan fingerprint density at radius 3 is 1.33 bits per heavy atom. The van der Waals surface area contributed by atoms with Crippen molar-refractivity contribution in [1.29, 1.82) is 0 Å². The summed E-state index contributed by atoms with van der Waals surface area (Å²) >= 11 is 0. The second-order valence-electron chi connectivity index (χ2n) is 3.06. The molecule has 0 unspecified atom stereocenters. The summed E-state index contributed by atoms with van der Waals surface area (Å²) in [6, 6.07) is 18.6. The van der Waals surface area contributed by atoms with Crippen molar-refractivity contribution in [3.8, 4) is 0 Å². The minimum absolute atomic E-state index is 0. The third kappa shape index (κ3) is 3.28. The van der Waals surface area contributed by atoms with Gasteiger partial charge >= 0.3 is 45.5 Å². The molecule has 0 aliphatic heterocycles. The number of hydrogen-bond donors (Lipinski definition) is 0. The maximum absolute atomic E-state index is 11.8. The second-order valence-corrected chi connectivity index (χ2v) is 3.06. The fraction of sp³-hybridized carbons (Fsp3) is 0. The quantitative estimate of drug-likeness (QED) is 0.603. The normalized spacial score (nSPS) is 9.07. The van der Waals surface area contributed by atoms with Crippen molar-refractivity contribution in [2.24, 2.45) is 0 Å². The number of benzene rings is 2. The molecule has 2 aromatic carbocycles. The molecule has 0 heterocycles. The Hall–Kier alpha value is -0.409. The van der Waals surface area contributed by atoms with Crippen LogP contribution in [0, 0.1) is 0 Å². The molecular weight excluding hydrogens is 260 g/mol. The summed E-state index contributed by atoms with van der Waals surface area (Å²) in [5, 5.41) is 0. The Bertz CT molecular complexity index is 381. The van der Waals surface area contributed by atoms with E-state index in [1.807, 2.05) is 60.7 Å². The number of carbonyl (C=O) groups excluding carboxylic acids is 1. The molecule has 0 bridgehead atoms. The predicted molar refractivity (Wildman–Crippen MR) is 64.9 cm³/mol. The summed E-state index contributed by atoms with van der Waals surface area (Å²) in [5.74, 6) is 0.0752. The van der Waals surface area contributed by atoms with Crippen molar-refractivity contribution in [3.63, 3.8) is 0 Å². The van der Waals surface area contributed by atoms with Gasteiger partial charge in [-0.25, -0.2) is 0 Å². The van der Waals surface area contributed by atoms with E-state index in [0.29, 0.717) is 0 Å². The Kier molecular flexibility index (Phi) is 5.26. The molecule has 0 atom stereocenters. The van der Waals surface area contributed by atoms with Crippen LogP contribution in [-0.4, -0.2) is 51.3 Å². The molecule has 2 heteroatoms. The molecule has 72 valence electrons. The molecule has 0 amide bonds. The van der Waals surface area contributed by atoms with Gasteiger partial charge in [0.05, 0.1) is 0 Å². The molecule has 0 saturated heterocycles. The Balaban J connectivity index is 0.00000112. The molecule has 2 aromatic rings. The van der Waals surface area contributed by atoms with E-state index in [0.717, 1.165) is 11.1 Å². The first kappa shape index (κ1) is 12.7. The third-order valence-corrected chi connectivity index (χ3v) is 2.07. The Labute approximate surface area is 126 Å². The van der Waals surface area contributed by atoms with Gasteiger partial charge in [0.2, 0.25) is 0 Å². The number of hydrogen-bond acceptors (Lipinski definition) is 1. The van der Waals surface area contributed by atoms with Crippen LogP contribution in [0.5, 0.6) is 0 Å². The average Bonchev–Trinajstić information content (AvgIpc) is 2.30. The fourth-order valence-electron chi connectivity index (χ4n) is 1.35. The van der Waals surface area contributed by atoms with Crippen LogP contribution in [0.3, 0.4) is 0 Å². The van der Waals surface area contributed by atoms with Crippen LogP contribution in [-0.2, 0) is 0 Å². The molecule has 0 spiro atoms. The molecule has 0 radical (unpaired) electrons. The number of carbonyl (C=O) groups is 1. The van der Waals surface area contributed by atoms with Crippen LogP contribution in [0.25, 0.3) is 0 Å². The molecule has 0 aliphatic rings. The Morgan fingerprint density at radius 1 is 0.667 bits per heavy atom. The van der Waals surface area contributed by atoms with Gasteiger partial charge in [0.15, 0.2) is 5.78 Å². The molecule has 0 aromatic heterocycles. The molecule has 0 fully saturated rings. The topological polar surface area (TPSA) is 17.1 Å². The molecule has 0 N–H and O–H groups in total. The van der Waals surface area contributed by atoms with Crippen molar-refractivity contribution in [3.05, 3.63) is 71.8 Å². The summed E-state index contributed by atoms with van der Waals surface area (Å²) in [4.78, 5) is 11.8. The van der Waals surface area contributed by atoms with Gasteiger partial charge in [-0.3, -0.25) is 4.79 Å². The van der Waals surface area contributed by atoms with Crippen LogP contribution in [0.4, 0.5) is 0 Å². The van der Waals surface area contributed by atoms with Gasteiger partial charge in [-0.15, -0.1) is 0 Å². The van der Waals surface area contributed by atoms with Crippen molar-refractivity contribution >= 4 is 51.3 Å². The zero-order chi connectivity index (χ0) is 9.80. The van der Waals surface area contributed by atoms with E-state index in [4.69, 9.17) is 0 Å². The maximum atomic E-state index is 11.8. The average molecular weight is 272 g/mol. The van der Waals surface area contributed by atoms with Crippen molar-refractivity contribution < 1.29 is 4.79 Å². The Morgan fingerprint density at radius 2 is 1.00 bits per heavy atom. The molecule has 2 rings (SSSR count). The molecule has 0 aliphatic carbocycles. The third-order valence-electron chi connectivity index (χ3n) is 2.07. The van der Waals surface area contributed by atoms with Crippen LogP contribution >= 0.6 is 0 Å². The zero-order valence-corrected chi connectivity index (χ0v) is 7.68. The predicted octanol–water partition coefficient (Wildman–Crippen LogP) is 2.00. The van der Waals surface area contributed by atoms with Crippen LogP contribution < -0.4 is 0 Å². The van der Waals surface area contributed by atoms with E-state index in [-0.39, 0.29) is 51.3 Å². The van der Waals surface area contributed by atoms with Gasteiger partial charge in [0.1, 0.15) is 0 Å². The van der Waals surface area contributed by atoms with Gasteiger partial charge < -0.3 is 0 Å². The molecular formula is C13H12OSr. The molecule has 1 nitrogen and oxygen atoms in total. The van der Waals surface area contributed by atoms with Gasteiger partial charge in [-0.1, -0.05) is 60.7 Å². The van der Waals surface area contributed by atoms with Gasteiger partial charge in [0, 0.05) is 11.1 Å². The van der Waals surface area contributed by atoms with Crippen LogP contribution in [0.1, 0.15) is 15.9 Å². The summed E-state index contributed by atoms with van der Waals surface area (Å²) in [7, 11) is 0. The number of rotatable bonds is 2. The molecule has 0 saturated carbocycles. The van der Waals surface area contributed by atoms with E-state index in [1.54, 1.807) is 0 Å². The van der Waals surface area contributed by atoms with E-state index in [9.17, 15) is 4.79 Å². The summed E-state index contributed by atoms with van der Waals surface area (Å²) in [6.07, 6.45) is 0. The van der Waals surface area contributed by atoms with E-state index >= 15 is 0 Å². The van der Waals surface area contributed by atoms with Crippen LogP contribution in [0.15, 0.2) is 60.7 Å². The SMILES string of the molecule is O=C(c1ccccc1)c1ccccc1.[SrH2]. The first-order chi connectivity index (χ1) is 6.88. The van der Waals surface area contributed by atoms with E-state index in [2.05, 4.69) is 0 Å². The standard InChI is InChI=1S/C13H10O.Sr.2H/c14-13(11-7-3-1-4-8-11)12-9-5-2-6-10-12;;;/h1-10H;;;. The first-order valence-electron chi connectivity index (χ1n) is 4.53. The summed E-state index contributed by atoms with van der Waals surface area (Å²) in [6.45, 7) is 0. The van der Waals surface area contributed by atoms with Crippen LogP contribution in [0.2, 0.25) is 0 Å². The monoisotopic (exact) mass is 272 g/mol. The number of ketones is 1. The molecule has 15 heavy (non-hydrogen) atoms. The second kappa shape index (κ2) is 6.23. The zero-order valence-electron chi connectivity index (χ0n) is 7.68.